The van der Waals surface area contributed by atoms with Crippen LogP contribution in [-0.4, -0.2) is 46.4 Å². The fraction of sp³-hybridized carbons (Fsp3) is 0.333. The van der Waals surface area contributed by atoms with Crippen LogP contribution in [0.25, 0.3) is 0 Å². The van der Waals surface area contributed by atoms with Crippen molar-refractivity contribution >= 4 is 23.4 Å². The van der Waals surface area contributed by atoms with Gasteiger partial charge in [0.25, 0.3) is 5.91 Å². The van der Waals surface area contributed by atoms with Gasteiger partial charge in [-0.05, 0) is 44.0 Å². The van der Waals surface area contributed by atoms with Gasteiger partial charge >= 0.3 is 5.97 Å². The van der Waals surface area contributed by atoms with E-state index in [0.717, 1.165) is 31.6 Å². The Morgan fingerprint density at radius 1 is 1.12 bits per heavy atom. The van der Waals surface area contributed by atoms with Crippen LogP contribution in [0.3, 0.4) is 0 Å². The Hall–Kier alpha value is -2.96. The monoisotopic (exact) mass is 340 g/mol. The van der Waals surface area contributed by atoms with Crippen LogP contribution in [0.15, 0.2) is 36.7 Å². The van der Waals surface area contributed by atoms with Crippen molar-refractivity contribution < 1.29 is 14.3 Å². The maximum absolute atomic E-state index is 12.2. The molecule has 1 amide bonds. The molecule has 0 spiro atoms. The summed E-state index contributed by atoms with van der Waals surface area (Å²) in [5.74, 6) is 0.107. The molecule has 25 heavy (non-hydrogen) atoms. The molecule has 0 aliphatic carbocycles. The third-order valence-electron chi connectivity index (χ3n) is 3.93. The molecule has 3 rings (SSSR count). The predicted octanol–water partition coefficient (Wildman–Crippen LogP) is 2.63. The standard InChI is InChI=1S/C18H20N4O3/c1-2-25-18(24)13-5-7-14(8-6-13)21-16-12-19-15(11-20-16)17(23)22-9-3-4-10-22/h5-8,11-12H,2-4,9-10H2,1H3,(H,20,21). The van der Waals surface area contributed by atoms with Gasteiger partial charge < -0.3 is 15.0 Å². The van der Waals surface area contributed by atoms with Crippen molar-refractivity contribution in [2.75, 3.05) is 25.0 Å². The predicted molar refractivity (Wildman–Crippen MR) is 92.9 cm³/mol. The van der Waals surface area contributed by atoms with Crippen LogP contribution in [0.1, 0.15) is 40.6 Å². The van der Waals surface area contributed by atoms with Crippen molar-refractivity contribution in [3.8, 4) is 0 Å². The lowest BCUT2D eigenvalue weighted by molar-refractivity contribution is 0.0526. The Labute approximate surface area is 146 Å². The normalized spacial score (nSPS) is 13.6. The van der Waals surface area contributed by atoms with Crippen LogP contribution in [0, 0.1) is 0 Å². The number of nitrogens with zero attached hydrogens (tertiary/aromatic N) is 3. The molecule has 1 aliphatic rings. The van der Waals surface area contributed by atoms with E-state index in [9.17, 15) is 9.59 Å². The number of aromatic nitrogens is 2. The molecule has 1 N–H and O–H groups in total. The summed E-state index contributed by atoms with van der Waals surface area (Å²) < 4.78 is 4.95. The van der Waals surface area contributed by atoms with E-state index in [0.29, 0.717) is 23.7 Å². The highest BCUT2D eigenvalue weighted by Gasteiger charge is 2.20. The first kappa shape index (κ1) is 16.9. The van der Waals surface area contributed by atoms with Crippen LogP contribution < -0.4 is 5.32 Å². The van der Waals surface area contributed by atoms with Crippen molar-refractivity contribution in [1.82, 2.24) is 14.9 Å². The van der Waals surface area contributed by atoms with Gasteiger partial charge in [0.05, 0.1) is 24.6 Å². The van der Waals surface area contributed by atoms with Gasteiger partial charge in [0.1, 0.15) is 11.5 Å². The summed E-state index contributed by atoms with van der Waals surface area (Å²) in [6.45, 7) is 3.68. The smallest absolute Gasteiger partial charge is 0.338 e. The minimum atomic E-state index is -0.349. The minimum absolute atomic E-state index is 0.0738. The molecule has 7 nitrogen and oxygen atoms in total. The molecule has 2 heterocycles. The van der Waals surface area contributed by atoms with E-state index in [2.05, 4.69) is 15.3 Å². The van der Waals surface area contributed by atoms with E-state index in [1.165, 1.54) is 12.4 Å². The molecule has 0 saturated carbocycles. The van der Waals surface area contributed by atoms with Crippen LogP contribution in [0.4, 0.5) is 11.5 Å². The largest absolute Gasteiger partial charge is 0.462 e. The van der Waals surface area contributed by atoms with Crippen molar-refractivity contribution in [2.24, 2.45) is 0 Å². The summed E-state index contributed by atoms with van der Waals surface area (Å²) in [6.07, 6.45) is 5.10. The molecule has 0 unspecified atom stereocenters. The van der Waals surface area contributed by atoms with Gasteiger partial charge in [-0.15, -0.1) is 0 Å². The summed E-state index contributed by atoms with van der Waals surface area (Å²) in [5.41, 5.74) is 1.61. The van der Waals surface area contributed by atoms with Gasteiger partial charge in [0.15, 0.2) is 0 Å². The lowest BCUT2D eigenvalue weighted by Crippen LogP contribution is -2.28. The topological polar surface area (TPSA) is 84.4 Å². The summed E-state index contributed by atoms with van der Waals surface area (Å²) >= 11 is 0. The quantitative estimate of drug-likeness (QED) is 0.842. The molecule has 0 radical (unpaired) electrons. The van der Waals surface area contributed by atoms with Crippen molar-refractivity contribution in [3.05, 3.63) is 47.9 Å². The van der Waals surface area contributed by atoms with Crippen molar-refractivity contribution in [2.45, 2.75) is 19.8 Å². The highest BCUT2D eigenvalue weighted by Crippen LogP contribution is 2.16. The average molecular weight is 340 g/mol. The SMILES string of the molecule is CCOC(=O)c1ccc(Nc2cnc(C(=O)N3CCCC3)cn2)cc1. The maximum Gasteiger partial charge on any atom is 0.338 e. The second-order valence-electron chi connectivity index (χ2n) is 5.71. The number of rotatable bonds is 5. The number of amides is 1. The molecule has 1 aliphatic heterocycles. The van der Waals surface area contributed by atoms with E-state index in [1.807, 2.05) is 0 Å². The first-order chi connectivity index (χ1) is 12.2. The van der Waals surface area contributed by atoms with Crippen molar-refractivity contribution in [1.29, 1.82) is 0 Å². The second-order valence-corrected chi connectivity index (χ2v) is 5.71. The number of hydrogen-bond donors (Lipinski definition) is 1. The number of carbonyl (C=O) groups excluding carboxylic acids is 2. The fourth-order valence-electron chi connectivity index (χ4n) is 2.64. The molecule has 1 saturated heterocycles. The van der Waals surface area contributed by atoms with Crippen LogP contribution in [-0.2, 0) is 4.74 Å². The Morgan fingerprint density at radius 2 is 1.84 bits per heavy atom. The van der Waals surface area contributed by atoms with E-state index in [-0.39, 0.29) is 11.9 Å². The molecule has 130 valence electrons. The van der Waals surface area contributed by atoms with E-state index in [4.69, 9.17) is 4.74 Å². The van der Waals surface area contributed by atoms with Crippen molar-refractivity contribution in [3.63, 3.8) is 0 Å². The van der Waals surface area contributed by atoms with Crippen LogP contribution in [0.2, 0.25) is 0 Å². The lowest BCUT2D eigenvalue weighted by atomic mass is 10.2. The summed E-state index contributed by atoms with van der Waals surface area (Å²) in [5, 5.41) is 3.09. The number of hydrogen-bond acceptors (Lipinski definition) is 6. The number of esters is 1. The van der Waals surface area contributed by atoms with Gasteiger partial charge in [-0.3, -0.25) is 4.79 Å². The van der Waals surface area contributed by atoms with Crippen LogP contribution >= 0.6 is 0 Å². The number of likely N-dealkylation sites (tertiary alicyclic amines) is 1. The highest BCUT2D eigenvalue weighted by atomic mass is 16.5. The minimum Gasteiger partial charge on any atom is -0.462 e. The zero-order valence-electron chi connectivity index (χ0n) is 14.1. The Morgan fingerprint density at radius 3 is 2.44 bits per heavy atom. The molecular weight excluding hydrogens is 320 g/mol. The number of ether oxygens (including phenoxy) is 1. The van der Waals surface area contributed by atoms with Gasteiger partial charge in [0.2, 0.25) is 0 Å². The molecule has 0 atom stereocenters. The number of anilines is 2. The average Bonchev–Trinajstić information content (AvgIpc) is 3.17. The van der Waals surface area contributed by atoms with Gasteiger partial charge in [-0.1, -0.05) is 0 Å². The van der Waals surface area contributed by atoms with Gasteiger partial charge in [-0.2, -0.15) is 0 Å². The third-order valence-corrected chi connectivity index (χ3v) is 3.93. The van der Waals surface area contributed by atoms with Crippen LogP contribution in [0.5, 0.6) is 0 Å². The number of carbonyl (C=O) groups is 2. The lowest BCUT2D eigenvalue weighted by Gasteiger charge is -2.14. The summed E-state index contributed by atoms with van der Waals surface area (Å²) in [4.78, 5) is 34.1. The molecule has 2 aromatic rings. The number of nitrogens with one attached hydrogen (secondary N) is 1. The Kier molecular flexibility index (Phi) is 5.23. The zero-order chi connectivity index (χ0) is 17.6. The van der Waals surface area contributed by atoms with E-state index < -0.39 is 0 Å². The summed E-state index contributed by atoms with van der Waals surface area (Å²) in [6, 6.07) is 6.88. The van der Waals surface area contributed by atoms with E-state index in [1.54, 1.807) is 36.1 Å². The van der Waals surface area contributed by atoms with Gasteiger partial charge in [-0.25, -0.2) is 14.8 Å². The Balaban J connectivity index is 1.63. The molecule has 1 aromatic heterocycles. The molecule has 0 bridgehead atoms. The highest BCUT2D eigenvalue weighted by molar-refractivity contribution is 5.92. The first-order valence-corrected chi connectivity index (χ1v) is 8.33. The first-order valence-electron chi connectivity index (χ1n) is 8.33. The Bertz CT molecular complexity index is 738. The second kappa shape index (κ2) is 7.74. The fourth-order valence-corrected chi connectivity index (χ4v) is 2.64. The molecular formula is C18H20N4O3. The number of benzene rings is 1. The molecule has 7 heteroatoms. The third kappa shape index (κ3) is 4.12. The maximum atomic E-state index is 12.2. The van der Waals surface area contributed by atoms with E-state index >= 15 is 0 Å². The summed E-state index contributed by atoms with van der Waals surface area (Å²) in [7, 11) is 0. The van der Waals surface area contributed by atoms with Gasteiger partial charge in [0, 0.05) is 18.8 Å². The zero-order valence-corrected chi connectivity index (χ0v) is 14.1. The molecule has 1 aromatic carbocycles. The molecule has 1 fully saturated rings.